The summed E-state index contributed by atoms with van der Waals surface area (Å²) < 4.78 is 0. The van der Waals surface area contributed by atoms with Gasteiger partial charge < -0.3 is 0 Å². The van der Waals surface area contributed by atoms with Gasteiger partial charge in [0.2, 0.25) is 0 Å². The maximum atomic E-state index is 2.39. The molecule has 0 nitrogen and oxygen atoms in total. The molecular formula is C20H26. The van der Waals surface area contributed by atoms with E-state index in [0.717, 1.165) is 0 Å². The maximum absolute atomic E-state index is 2.39. The van der Waals surface area contributed by atoms with Crippen LogP contribution in [-0.2, 0) is 0 Å². The fourth-order valence-electron chi connectivity index (χ4n) is 2.81. The Bertz CT molecular complexity index is 603. The van der Waals surface area contributed by atoms with Crippen molar-refractivity contribution < 1.29 is 0 Å². The standard InChI is InChI=1S/C20H26/c1-13(2)18-10-9-17(12-19(18)14(3)4)20-11-15(5)7-8-16(20)6/h7-14H,1-6H3. The highest BCUT2D eigenvalue weighted by atomic mass is 14.2. The minimum Gasteiger partial charge on any atom is -0.0590 e. The molecule has 2 aromatic carbocycles. The van der Waals surface area contributed by atoms with Gasteiger partial charge >= 0.3 is 0 Å². The molecule has 2 aromatic rings. The quantitative estimate of drug-likeness (QED) is 0.619. The zero-order valence-corrected chi connectivity index (χ0v) is 13.6. The molecule has 0 aromatic heterocycles. The number of benzene rings is 2. The van der Waals surface area contributed by atoms with Crippen LogP contribution < -0.4 is 0 Å². The fourth-order valence-corrected chi connectivity index (χ4v) is 2.81. The van der Waals surface area contributed by atoms with E-state index < -0.39 is 0 Å². The number of hydrogen-bond donors (Lipinski definition) is 0. The van der Waals surface area contributed by atoms with E-state index in [1.165, 1.54) is 33.4 Å². The SMILES string of the molecule is Cc1ccc(C)c(-c2ccc(C(C)C)c(C(C)C)c2)c1. The summed E-state index contributed by atoms with van der Waals surface area (Å²) in [4.78, 5) is 0. The molecule has 0 unspecified atom stereocenters. The summed E-state index contributed by atoms with van der Waals surface area (Å²) in [5, 5.41) is 0. The van der Waals surface area contributed by atoms with Crippen molar-refractivity contribution in [3.63, 3.8) is 0 Å². The van der Waals surface area contributed by atoms with Gasteiger partial charge in [-0.2, -0.15) is 0 Å². The van der Waals surface area contributed by atoms with Gasteiger partial charge in [0.05, 0.1) is 0 Å². The average Bonchev–Trinajstić information content (AvgIpc) is 2.40. The van der Waals surface area contributed by atoms with Gasteiger partial charge in [-0.05, 0) is 53.5 Å². The molecule has 0 aliphatic heterocycles. The second kappa shape index (κ2) is 5.83. The molecule has 0 aliphatic rings. The normalized spacial score (nSPS) is 11.4. The second-order valence-corrected chi connectivity index (χ2v) is 6.47. The lowest BCUT2D eigenvalue weighted by Crippen LogP contribution is -1.99. The number of rotatable bonds is 3. The fraction of sp³-hybridized carbons (Fsp3) is 0.400. The molecule has 20 heavy (non-hydrogen) atoms. The molecule has 0 aliphatic carbocycles. The molecule has 2 rings (SSSR count). The third-order valence-corrected chi connectivity index (χ3v) is 4.03. The van der Waals surface area contributed by atoms with Gasteiger partial charge in [0.15, 0.2) is 0 Å². The first kappa shape index (κ1) is 14.8. The summed E-state index contributed by atoms with van der Waals surface area (Å²) >= 11 is 0. The highest BCUT2D eigenvalue weighted by molar-refractivity contribution is 5.69. The van der Waals surface area contributed by atoms with E-state index in [-0.39, 0.29) is 0 Å². The Morgan fingerprint density at radius 1 is 0.700 bits per heavy atom. The van der Waals surface area contributed by atoms with Gasteiger partial charge in [-0.3, -0.25) is 0 Å². The monoisotopic (exact) mass is 266 g/mol. The van der Waals surface area contributed by atoms with Crippen molar-refractivity contribution in [2.24, 2.45) is 0 Å². The van der Waals surface area contributed by atoms with Crippen molar-refractivity contribution in [1.29, 1.82) is 0 Å². The van der Waals surface area contributed by atoms with E-state index in [9.17, 15) is 0 Å². The van der Waals surface area contributed by atoms with Crippen LogP contribution in [0.3, 0.4) is 0 Å². The Morgan fingerprint density at radius 3 is 1.95 bits per heavy atom. The molecule has 0 saturated carbocycles. The molecule has 0 bridgehead atoms. The highest BCUT2D eigenvalue weighted by Gasteiger charge is 2.12. The zero-order valence-electron chi connectivity index (χ0n) is 13.6. The second-order valence-electron chi connectivity index (χ2n) is 6.47. The first-order valence-corrected chi connectivity index (χ1v) is 7.61. The average molecular weight is 266 g/mol. The molecule has 0 amide bonds. The smallest absolute Gasteiger partial charge is 0.0152 e. The molecule has 0 heteroatoms. The third kappa shape index (κ3) is 2.95. The van der Waals surface area contributed by atoms with Crippen LogP contribution in [0.5, 0.6) is 0 Å². The number of aryl methyl sites for hydroxylation is 2. The lowest BCUT2D eigenvalue weighted by atomic mass is 9.87. The van der Waals surface area contributed by atoms with E-state index in [2.05, 4.69) is 77.9 Å². The Morgan fingerprint density at radius 2 is 1.35 bits per heavy atom. The maximum Gasteiger partial charge on any atom is -0.0152 e. The summed E-state index contributed by atoms with van der Waals surface area (Å²) in [6.07, 6.45) is 0. The Kier molecular flexibility index (Phi) is 4.32. The lowest BCUT2D eigenvalue weighted by molar-refractivity contribution is 0.790. The van der Waals surface area contributed by atoms with Crippen molar-refractivity contribution in [2.75, 3.05) is 0 Å². The topological polar surface area (TPSA) is 0 Å². The van der Waals surface area contributed by atoms with Crippen molar-refractivity contribution in [2.45, 2.75) is 53.4 Å². The third-order valence-electron chi connectivity index (χ3n) is 4.03. The number of hydrogen-bond acceptors (Lipinski definition) is 0. The Balaban J connectivity index is 2.59. The summed E-state index contributed by atoms with van der Waals surface area (Å²) in [5.41, 5.74) is 8.35. The largest absolute Gasteiger partial charge is 0.0590 e. The predicted molar refractivity (Wildman–Crippen MR) is 89.5 cm³/mol. The summed E-state index contributed by atoms with van der Waals surface area (Å²) in [6.45, 7) is 13.5. The lowest BCUT2D eigenvalue weighted by Gasteiger charge is -2.18. The van der Waals surface area contributed by atoms with Crippen LogP contribution in [0.25, 0.3) is 11.1 Å². The molecule has 0 N–H and O–H groups in total. The molecule has 0 atom stereocenters. The Hall–Kier alpha value is -1.56. The van der Waals surface area contributed by atoms with Crippen LogP contribution >= 0.6 is 0 Å². The van der Waals surface area contributed by atoms with Crippen molar-refractivity contribution in [1.82, 2.24) is 0 Å². The van der Waals surface area contributed by atoms with E-state index in [1.807, 2.05) is 0 Å². The van der Waals surface area contributed by atoms with Crippen LogP contribution in [0, 0.1) is 13.8 Å². The van der Waals surface area contributed by atoms with Gasteiger partial charge in [-0.15, -0.1) is 0 Å². The van der Waals surface area contributed by atoms with Crippen LogP contribution in [0.1, 0.15) is 61.8 Å². The van der Waals surface area contributed by atoms with Gasteiger partial charge in [0.25, 0.3) is 0 Å². The van der Waals surface area contributed by atoms with Crippen molar-refractivity contribution in [3.05, 3.63) is 58.7 Å². The molecule has 0 heterocycles. The summed E-state index contributed by atoms with van der Waals surface area (Å²) in [6, 6.07) is 13.7. The predicted octanol–water partition coefficient (Wildman–Crippen LogP) is 6.22. The van der Waals surface area contributed by atoms with Gasteiger partial charge in [0, 0.05) is 0 Å². The molecule has 0 saturated heterocycles. The van der Waals surface area contributed by atoms with E-state index in [1.54, 1.807) is 0 Å². The van der Waals surface area contributed by atoms with Gasteiger partial charge in [-0.25, -0.2) is 0 Å². The molecular weight excluding hydrogens is 240 g/mol. The summed E-state index contributed by atoms with van der Waals surface area (Å²) in [5.74, 6) is 1.15. The van der Waals surface area contributed by atoms with E-state index in [4.69, 9.17) is 0 Å². The van der Waals surface area contributed by atoms with Crippen LogP contribution in [0.4, 0.5) is 0 Å². The molecule has 0 radical (unpaired) electrons. The van der Waals surface area contributed by atoms with E-state index >= 15 is 0 Å². The first-order valence-electron chi connectivity index (χ1n) is 7.61. The minimum atomic E-state index is 0.567. The van der Waals surface area contributed by atoms with Crippen LogP contribution in [-0.4, -0.2) is 0 Å². The highest BCUT2D eigenvalue weighted by Crippen LogP contribution is 2.32. The van der Waals surface area contributed by atoms with Crippen LogP contribution in [0.2, 0.25) is 0 Å². The van der Waals surface area contributed by atoms with E-state index in [0.29, 0.717) is 11.8 Å². The first-order chi connectivity index (χ1) is 9.40. The van der Waals surface area contributed by atoms with Crippen LogP contribution in [0.15, 0.2) is 36.4 Å². The molecule has 0 fully saturated rings. The van der Waals surface area contributed by atoms with Crippen molar-refractivity contribution >= 4 is 0 Å². The minimum absolute atomic E-state index is 0.567. The van der Waals surface area contributed by atoms with Gasteiger partial charge in [0.1, 0.15) is 0 Å². The summed E-state index contributed by atoms with van der Waals surface area (Å²) in [7, 11) is 0. The molecule has 0 spiro atoms. The van der Waals surface area contributed by atoms with Gasteiger partial charge in [-0.1, -0.05) is 69.7 Å². The molecule has 106 valence electrons. The zero-order chi connectivity index (χ0) is 14.9. The Labute approximate surface area is 123 Å². The van der Waals surface area contributed by atoms with Crippen molar-refractivity contribution in [3.8, 4) is 11.1 Å².